The van der Waals surface area contributed by atoms with Crippen molar-refractivity contribution in [3.8, 4) is 11.1 Å². The van der Waals surface area contributed by atoms with Crippen LogP contribution in [-0.2, 0) is 4.79 Å². The molecular weight excluding hydrogens is 388 g/mol. The first kappa shape index (κ1) is 21.5. The topological polar surface area (TPSA) is 100 Å². The van der Waals surface area contributed by atoms with E-state index in [-0.39, 0.29) is 5.91 Å². The van der Waals surface area contributed by atoms with Crippen molar-refractivity contribution in [3.63, 3.8) is 0 Å². The fourth-order valence-electron chi connectivity index (χ4n) is 3.49. The monoisotopic (exact) mass is 412 g/mol. The molecule has 0 saturated heterocycles. The molecule has 0 aliphatic carbocycles. The summed E-state index contributed by atoms with van der Waals surface area (Å²) >= 11 is 0. The summed E-state index contributed by atoms with van der Waals surface area (Å²) in [4.78, 5) is 31.3. The van der Waals surface area contributed by atoms with Gasteiger partial charge in [0.2, 0.25) is 5.91 Å². The number of hydrogen-bond acceptors (Lipinski definition) is 3. The molecule has 0 unspecified atom stereocenters. The van der Waals surface area contributed by atoms with E-state index < -0.39 is 5.91 Å². The van der Waals surface area contributed by atoms with Crippen LogP contribution in [0.25, 0.3) is 27.6 Å². The van der Waals surface area contributed by atoms with Crippen molar-refractivity contribution < 1.29 is 9.59 Å². The summed E-state index contributed by atoms with van der Waals surface area (Å²) < 4.78 is 0. The number of primary amides is 1. The van der Waals surface area contributed by atoms with Crippen molar-refractivity contribution in [3.05, 3.63) is 84.7 Å². The van der Waals surface area contributed by atoms with Crippen LogP contribution in [0.2, 0.25) is 0 Å². The van der Waals surface area contributed by atoms with Crippen LogP contribution in [0.5, 0.6) is 0 Å². The summed E-state index contributed by atoms with van der Waals surface area (Å²) in [6, 6.07) is 11.2. The summed E-state index contributed by atoms with van der Waals surface area (Å²) in [6.45, 7) is 10.9. The maximum atomic E-state index is 12.0. The van der Waals surface area contributed by atoms with Crippen molar-refractivity contribution in [2.75, 3.05) is 5.32 Å². The van der Waals surface area contributed by atoms with Gasteiger partial charge in [-0.15, -0.1) is 0 Å². The third-order valence-corrected chi connectivity index (χ3v) is 5.07. The summed E-state index contributed by atoms with van der Waals surface area (Å²) in [6.07, 6.45) is 6.29. The van der Waals surface area contributed by atoms with Gasteiger partial charge in [-0.2, -0.15) is 0 Å². The lowest BCUT2D eigenvalue weighted by atomic mass is 9.94. The van der Waals surface area contributed by atoms with Gasteiger partial charge in [0.15, 0.2) is 0 Å². The van der Waals surface area contributed by atoms with Crippen LogP contribution in [0.4, 0.5) is 5.69 Å². The maximum Gasteiger partial charge on any atom is 0.250 e. The Morgan fingerprint density at radius 2 is 1.94 bits per heavy atom. The van der Waals surface area contributed by atoms with Crippen molar-refractivity contribution in [2.45, 2.75) is 13.8 Å². The quantitative estimate of drug-likeness (QED) is 0.376. The zero-order valence-electron chi connectivity index (χ0n) is 17.5. The van der Waals surface area contributed by atoms with Gasteiger partial charge in [0.25, 0.3) is 5.91 Å². The summed E-state index contributed by atoms with van der Waals surface area (Å²) in [5.74, 6) is -0.798. The van der Waals surface area contributed by atoms with Crippen molar-refractivity contribution in [1.82, 2.24) is 4.98 Å². The maximum absolute atomic E-state index is 12.0. The number of fused-ring (bicyclic) bond motifs is 1. The lowest BCUT2D eigenvalue weighted by Crippen LogP contribution is -2.11. The van der Waals surface area contributed by atoms with Crippen LogP contribution in [0.15, 0.2) is 72.9 Å². The molecule has 0 aliphatic heterocycles. The molecule has 0 bridgehead atoms. The number of aliphatic imine (C=N–C) groups is 1. The molecule has 0 fully saturated rings. The average Bonchev–Trinajstić information content (AvgIpc) is 3.20. The number of anilines is 1. The molecule has 0 radical (unpaired) electrons. The third kappa shape index (κ3) is 4.23. The predicted molar refractivity (Wildman–Crippen MR) is 128 cm³/mol. The summed E-state index contributed by atoms with van der Waals surface area (Å²) in [7, 11) is 0. The molecule has 1 heterocycles. The van der Waals surface area contributed by atoms with Gasteiger partial charge in [0.05, 0.1) is 11.1 Å². The summed E-state index contributed by atoms with van der Waals surface area (Å²) in [5, 5.41) is 3.67. The number of allylic oxidation sites excluding steroid dienone is 2. The van der Waals surface area contributed by atoms with E-state index >= 15 is 0 Å². The van der Waals surface area contributed by atoms with E-state index in [1.54, 1.807) is 12.3 Å². The number of carbonyl (C=O) groups is 2. The first-order chi connectivity index (χ1) is 14.9. The Balaban J connectivity index is 2.26. The SMILES string of the molecule is C=CN=C/C(=C\C)c1cc2c(-c3cccc(NC(=O)C=C)c3C)ccc(C(N)=O)c2[nH]1. The minimum absolute atomic E-state index is 0.280. The number of H-pyrrole nitrogens is 1. The Hall–Kier alpha value is -4.19. The molecule has 2 aromatic carbocycles. The first-order valence-corrected chi connectivity index (χ1v) is 9.71. The fraction of sp³-hybridized carbons (Fsp3) is 0.0800. The third-order valence-electron chi connectivity index (χ3n) is 5.07. The minimum Gasteiger partial charge on any atom is -0.366 e. The van der Waals surface area contributed by atoms with E-state index in [4.69, 9.17) is 5.73 Å². The number of hydrogen-bond donors (Lipinski definition) is 3. The number of nitrogens with one attached hydrogen (secondary N) is 2. The van der Waals surface area contributed by atoms with Gasteiger partial charge < -0.3 is 16.0 Å². The van der Waals surface area contributed by atoms with Gasteiger partial charge in [0.1, 0.15) is 0 Å². The van der Waals surface area contributed by atoms with E-state index in [1.807, 2.05) is 50.3 Å². The number of nitrogens with zero attached hydrogens (tertiary/aromatic N) is 1. The highest BCUT2D eigenvalue weighted by molar-refractivity contribution is 6.14. The largest absolute Gasteiger partial charge is 0.366 e. The number of nitrogens with two attached hydrogens (primary N) is 1. The fourth-order valence-corrected chi connectivity index (χ4v) is 3.49. The second kappa shape index (κ2) is 9.09. The Bertz CT molecular complexity index is 1260. The van der Waals surface area contributed by atoms with Gasteiger partial charge >= 0.3 is 0 Å². The second-order valence-electron chi connectivity index (χ2n) is 6.87. The molecule has 6 heteroatoms. The summed E-state index contributed by atoms with van der Waals surface area (Å²) in [5.41, 5.74) is 11.7. The lowest BCUT2D eigenvalue weighted by Gasteiger charge is -2.13. The van der Waals surface area contributed by atoms with E-state index in [2.05, 4.69) is 28.5 Å². The van der Waals surface area contributed by atoms with Crippen molar-refractivity contribution >= 4 is 40.2 Å². The minimum atomic E-state index is -0.518. The average molecular weight is 412 g/mol. The number of rotatable bonds is 7. The van der Waals surface area contributed by atoms with Gasteiger partial charge in [-0.05, 0) is 54.8 Å². The van der Waals surface area contributed by atoms with E-state index in [9.17, 15) is 9.59 Å². The predicted octanol–water partition coefficient (Wildman–Crippen LogP) is 4.98. The van der Waals surface area contributed by atoms with E-state index in [0.29, 0.717) is 16.8 Å². The molecular formula is C25H24N4O2. The molecule has 2 amide bonds. The Labute approximate surface area is 180 Å². The smallest absolute Gasteiger partial charge is 0.250 e. The highest BCUT2D eigenvalue weighted by Crippen LogP contribution is 2.36. The Morgan fingerprint density at radius 3 is 2.58 bits per heavy atom. The van der Waals surface area contributed by atoms with Crippen LogP contribution in [0.1, 0.15) is 28.5 Å². The Morgan fingerprint density at radius 1 is 1.16 bits per heavy atom. The lowest BCUT2D eigenvalue weighted by molar-refractivity contribution is -0.111. The number of aromatic amines is 1. The van der Waals surface area contributed by atoms with Gasteiger partial charge in [0, 0.05) is 34.8 Å². The normalized spacial score (nSPS) is 11.6. The van der Waals surface area contributed by atoms with Crippen molar-refractivity contribution in [1.29, 1.82) is 0 Å². The van der Waals surface area contributed by atoms with Crippen LogP contribution in [0, 0.1) is 6.92 Å². The molecule has 31 heavy (non-hydrogen) atoms. The van der Waals surface area contributed by atoms with E-state index in [1.165, 1.54) is 12.3 Å². The molecule has 0 spiro atoms. The second-order valence-corrected chi connectivity index (χ2v) is 6.87. The van der Waals surface area contributed by atoms with Crippen LogP contribution >= 0.6 is 0 Å². The van der Waals surface area contributed by atoms with Gasteiger partial charge in [-0.25, -0.2) is 0 Å². The molecule has 4 N–H and O–H groups in total. The number of amides is 2. The molecule has 3 rings (SSSR count). The van der Waals surface area contributed by atoms with Crippen LogP contribution < -0.4 is 11.1 Å². The van der Waals surface area contributed by atoms with Gasteiger partial charge in [-0.1, -0.05) is 37.4 Å². The first-order valence-electron chi connectivity index (χ1n) is 9.71. The molecule has 0 atom stereocenters. The molecule has 0 aliphatic rings. The number of aromatic nitrogens is 1. The highest BCUT2D eigenvalue weighted by atomic mass is 16.1. The highest BCUT2D eigenvalue weighted by Gasteiger charge is 2.17. The van der Waals surface area contributed by atoms with Crippen LogP contribution in [-0.4, -0.2) is 23.0 Å². The molecule has 156 valence electrons. The van der Waals surface area contributed by atoms with Gasteiger partial charge in [-0.3, -0.25) is 14.6 Å². The molecule has 3 aromatic rings. The number of carbonyl (C=O) groups excluding carboxylic acids is 2. The zero-order valence-corrected chi connectivity index (χ0v) is 17.5. The molecule has 0 saturated carbocycles. The van der Waals surface area contributed by atoms with E-state index in [0.717, 1.165) is 33.3 Å². The van der Waals surface area contributed by atoms with Crippen molar-refractivity contribution in [2.24, 2.45) is 10.7 Å². The molecule has 6 nitrogen and oxygen atoms in total. The standard InChI is InChI=1S/C25H24N4O2/c1-5-16(14-27-7-3)22-13-20-18(11-12-19(25(26)31)24(20)29-22)17-9-8-10-21(15(17)4)28-23(30)6-2/h5-14,29H,2-3H2,1,4H3,(H2,26,31)(H,28,30)/b16-5+,27-14?. The zero-order chi connectivity index (χ0) is 22.5. The van der Waals surface area contributed by atoms with Crippen LogP contribution in [0.3, 0.4) is 0 Å². The number of benzene rings is 2. The Kier molecular flexibility index (Phi) is 6.31. The molecule has 1 aromatic heterocycles.